The summed E-state index contributed by atoms with van der Waals surface area (Å²) in [6.07, 6.45) is -0.220. The van der Waals surface area contributed by atoms with E-state index in [9.17, 15) is 29.1 Å². The molecule has 0 saturated heterocycles. The fourth-order valence-electron chi connectivity index (χ4n) is 2.06. The van der Waals surface area contributed by atoms with E-state index in [2.05, 4.69) is 10.6 Å². The Labute approximate surface area is 151 Å². The van der Waals surface area contributed by atoms with Gasteiger partial charge in [-0.25, -0.2) is 4.79 Å². The van der Waals surface area contributed by atoms with E-state index in [1.165, 1.54) is 0 Å². The van der Waals surface area contributed by atoms with E-state index in [-0.39, 0.29) is 18.8 Å². The molecule has 0 heterocycles. The Balaban J connectivity index is 5.08. The lowest BCUT2D eigenvalue weighted by Gasteiger charge is -2.24. The van der Waals surface area contributed by atoms with E-state index in [1.807, 2.05) is 0 Å². The van der Waals surface area contributed by atoms with E-state index in [1.54, 1.807) is 13.8 Å². The maximum Gasteiger partial charge on any atom is 0.326 e. The van der Waals surface area contributed by atoms with Crippen molar-refractivity contribution in [2.24, 2.45) is 23.1 Å². The molecule has 0 radical (unpaired) electrons. The predicted molar refractivity (Wildman–Crippen MR) is 91.2 cm³/mol. The van der Waals surface area contributed by atoms with Crippen molar-refractivity contribution in [3.8, 4) is 0 Å². The van der Waals surface area contributed by atoms with E-state index in [4.69, 9.17) is 17.2 Å². The Morgan fingerprint density at radius 3 is 2.00 bits per heavy atom. The van der Waals surface area contributed by atoms with E-state index < -0.39 is 54.1 Å². The summed E-state index contributed by atoms with van der Waals surface area (Å²) in [6, 6.07) is -3.70. The first kappa shape index (κ1) is 23.3. The van der Waals surface area contributed by atoms with Crippen LogP contribution in [0.4, 0.5) is 0 Å². The number of rotatable bonds is 12. The van der Waals surface area contributed by atoms with Gasteiger partial charge < -0.3 is 32.9 Å². The van der Waals surface area contributed by atoms with Crippen molar-refractivity contribution in [3.05, 3.63) is 0 Å². The van der Waals surface area contributed by atoms with E-state index >= 15 is 0 Å². The summed E-state index contributed by atoms with van der Waals surface area (Å²) >= 11 is 0. The van der Waals surface area contributed by atoms with Crippen LogP contribution in [0.2, 0.25) is 0 Å². The van der Waals surface area contributed by atoms with Crippen LogP contribution < -0.4 is 27.8 Å². The molecule has 4 amide bonds. The van der Waals surface area contributed by atoms with Crippen LogP contribution in [-0.4, -0.2) is 52.8 Å². The second-order valence-corrected chi connectivity index (χ2v) is 6.05. The van der Waals surface area contributed by atoms with Gasteiger partial charge in [0.25, 0.3) is 0 Å². The molecule has 0 aliphatic carbocycles. The smallest absolute Gasteiger partial charge is 0.326 e. The molecule has 148 valence electrons. The Kier molecular flexibility index (Phi) is 9.89. The second-order valence-electron chi connectivity index (χ2n) is 6.05. The first-order valence-electron chi connectivity index (χ1n) is 8.15. The molecular weight excluding hydrogens is 346 g/mol. The normalized spacial score (nSPS) is 15.2. The van der Waals surface area contributed by atoms with Gasteiger partial charge in [0.2, 0.25) is 23.6 Å². The molecule has 11 heteroatoms. The van der Waals surface area contributed by atoms with E-state index in [0.29, 0.717) is 6.42 Å². The number of nitrogens with two attached hydrogens (primary N) is 3. The van der Waals surface area contributed by atoms with Gasteiger partial charge in [0.15, 0.2) is 0 Å². The Morgan fingerprint density at radius 2 is 1.58 bits per heavy atom. The van der Waals surface area contributed by atoms with Crippen molar-refractivity contribution in [1.29, 1.82) is 0 Å². The van der Waals surface area contributed by atoms with Gasteiger partial charge in [-0.1, -0.05) is 20.3 Å². The molecule has 0 fully saturated rings. The molecule has 0 unspecified atom stereocenters. The summed E-state index contributed by atoms with van der Waals surface area (Å²) < 4.78 is 0. The zero-order valence-electron chi connectivity index (χ0n) is 14.9. The summed E-state index contributed by atoms with van der Waals surface area (Å²) in [4.78, 5) is 57.6. The fraction of sp³-hybridized carbons (Fsp3) is 0.667. The highest BCUT2D eigenvalue weighted by molar-refractivity contribution is 5.94. The van der Waals surface area contributed by atoms with Crippen LogP contribution in [0.3, 0.4) is 0 Å². The van der Waals surface area contributed by atoms with Crippen molar-refractivity contribution >= 4 is 29.6 Å². The highest BCUT2D eigenvalue weighted by atomic mass is 16.4. The minimum absolute atomic E-state index is 0.0449. The minimum atomic E-state index is -1.38. The molecule has 0 aromatic carbocycles. The monoisotopic (exact) mass is 373 g/mol. The Bertz CT molecular complexity index is 553. The van der Waals surface area contributed by atoms with Crippen molar-refractivity contribution in [2.45, 2.75) is 57.7 Å². The molecule has 0 saturated carbocycles. The van der Waals surface area contributed by atoms with Crippen LogP contribution in [0.25, 0.3) is 0 Å². The molecule has 0 aliphatic heterocycles. The second kappa shape index (κ2) is 11.0. The number of hydrogen-bond acceptors (Lipinski definition) is 6. The molecule has 0 bridgehead atoms. The van der Waals surface area contributed by atoms with Gasteiger partial charge in [0.1, 0.15) is 12.1 Å². The minimum Gasteiger partial charge on any atom is -0.480 e. The lowest BCUT2D eigenvalue weighted by molar-refractivity contribution is -0.143. The summed E-state index contributed by atoms with van der Waals surface area (Å²) in [6.45, 7) is 3.40. The van der Waals surface area contributed by atoms with Crippen molar-refractivity contribution in [1.82, 2.24) is 10.6 Å². The standard InChI is InChI=1S/C15H27N5O6/c1-3-7(2)12(15(25)26)20-14(24)9(6-11(18)22)19-13(23)8(16)4-5-10(17)21/h7-9,12H,3-6,16H2,1-2H3,(H2,17,21)(H2,18,22)(H,19,23)(H,20,24)(H,25,26)/t7-,8-,9-,12-/m0/s1. The topological polar surface area (TPSA) is 208 Å². The first-order valence-corrected chi connectivity index (χ1v) is 8.15. The molecule has 0 aliphatic rings. The van der Waals surface area contributed by atoms with Gasteiger partial charge >= 0.3 is 5.97 Å². The predicted octanol–water partition coefficient (Wildman–Crippen LogP) is -2.45. The van der Waals surface area contributed by atoms with Crippen LogP contribution in [-0.2, 0) is 24.0 Å². The molecule has 11 nitrogen and oxygen atoms in total. The lowest BCUT2D eigenvalue weighted by atomic mass is 9.98. The van der Waals surface area contributed by atoms with Crippen LogP contribution in [0.1, 0.15) is 39.5 Å². The molecule has 0 aromatic heterocycles. The fourth-order valence-corrected chi connectivity index (χ4v) is 2.06. The van der Waals surface area contributed by atoms with Gasteiger partial charge in [0, 0.05) is 6.42 Å². The number of nitrogens with one attached hydrogen (secondary N) is 2. The average Bonchev–Trinajstić information content (AvgIpc) is 2.54. The van der Waals surface area contributed by atoms with Gasteiger partial charge in [-0.15, -0.1) is 0 Å². The molecule has 0 aromatic rings. The lowest BCUT2D eigenvalue weighted by Crippen LogP contribution is -2.56. The number of carboxylic acid groups (broad SMARTS) is 1. The highest BCUT2D eigenvalue weighted by Crippen LogP contribution is 2.09. The number of aliphatic carboxylic acids is 1. The van der Waals surface area contributed by atoms with E-state index in [0.717, 1.165) is 0 Å². The zero-order valence-corrected chi connectivity index (χ0v) is 14.9. The van der Waals surface area contributed by atoms with Gasteiger partial charge in [0.05, 0.1) is 12.5 Å². The average molecular weight is 373 g/mol. The largest absolute Gasteiger partial charge is 0.480 e. The molecule has 0 rings (SSSR count). The molecule has 26 heavy (non-hydrogen) atoms. The molecule has 0 spiro atoms. The summed E-state index contributed by atoms with van der Waals surface area (Å²) in [7, 11) is 0. The number of primary amides is 2. The van der Waals surface area contributed by atoms with Crippen molar-refractivity contribution in [2.75, 3.05) is 0 Å². The number of carbonyl (C=O) groups is 5. The molecule has 4 atom stereocenters. The zero-order chi connectivity index (χ0) is 20.4. The SMILES string of the molecule is CC[C@H](C)[C@H](NC(=O)[C@H](CC(N)=O)NC(=O)[C@@H](N)CCC(N)=O)C(=O)O. The number of carboxylic acids is 1. The molecule has 9 N–H and O–H groups in total. The summed E-state index contributed by atoms with van der Waals surface area (Å²) in [5.41, 5.74) is 15.7. The van der Waals surface area contributed by atoms with Crippen LogP contribution >= 0.6 is 0 Å². The quantitative estimate of drug-likeness (QED) is 0.217. The third-order valence-electron chi connectivity index (χ3n) is 3.85. The molecular formula is C15H27N5O6. The van der Waals surface area contributed by atoms with Crippen LogP contribution in [0, 0.1) is 5.92 Å². The van der Waals surface area contributed by atoms with Gasteiger partial charge in [-0.05, 0) is 12.3 Å². The number of amides is 4. The Morgan fingerprint density at radius 1 is 1.00 bits per heavy atom. The van der Waals surface area contributed by atoms with Gasteiger partial charge in [-0.2, -0.15) is 0 Å². The van der Waals surface area contributed by atoms with Crippen LogP contribution in [0.15, 0.2) is 0 Å². The van der Waals surface area contributed by atoms with Crippen LogP contribution in [0.5, 0.6) is 0 Å². The summed E-state index contributed by atoms with van der Waals surface area (Å²) in [5.74, 6) is -4.78. The third-order valence-corrected chi connectivity index (χ3v) is 3.85. The number of hydrogen-bond donors (Lipinski definition) is 6. The highest BCUT2D eigenvalue weighted by Gasteiger charge is 2.31. The Hall–Kier alpha value is -2.69. The van der Waals surface area contributed by atoms with Crippen molar-refractivity contribution < 1.29 is 29.1 Å². The van der Waals surface area contributed by atoms with Gasteiger partial charge in [-0.3, -0.25) is 19.2 Å². The third kappa shape index (κ3) is 8.42. The number of carbonyl (C=O) groups excluding carboxylic acids is 4. The van der Waals surface area contributed by atoms with Crippen molar-refractivity contribution in [3.63, 3.8) is 0 Å². The first-order chi connectivity index (χ1) is 12.0. The maximum absolute atomic E-state index is 12.3. The maximum atomic E-state index is 12.3. The summed E-state index contributed by atoms with van der Waals surface area (Å²) in [5, 5.41) is 13.8.